The Bertz CT molecular complexity index is 1080. The van der Waals surface area contributed by atoms with Crippen LogP contribution in [0.1, 0.15) is 6.92 Å². The number of nitrogens with zero attached hydrogens (tertiary/aromatic N) is 2. The molecule has 0 aliphatic carbocycles. The molecule has 9 heteroatoms. The molecule has 2 heterocycles. The van der Waals surface area contributed by atoms with Gasteiger partial charge in [-0.3, -0.25) is 9.59 Å². The molecular weight excluding hydrogens is 403 g/mol. The summed E-state index contributed by atoms with van der Waals surface area (Å²) >= 11 is 11.8. The third-order valence-corrected chi connectivity index (χ3v) is 4.74. The lowest BCUT2D eigenvalue weighted by Gasteiger charge is -2.33. The predicted octanol–water partition coefficient (Wildman–Crippen LogP) is 3.91. The average Bonchev–Trinajstić information content (AvgIpc) is 3.10. The fraction of sp³-hybridized carbons (Fsp3) is 0.105. The first-order valence-corrected chi connectivity index (χ1v) is 9.03. The fourth-order valence-corrected chi connectivity index (χ4v) is 3.04. The van der Waals surface area contributed by atoms with Gasteiger partial charge < -0.3 is 15.4 Å². The molecule has 0 saturated carbocycles. The maximum absolute atomic E-state index is 12.8. The minimum Gasteiger partial charge on any atom is -0.466 e. The highest BCUT2D eigenvalue weighted by atomic mass is 35.5. The number of anilines is 2. The highest BCUT2D eigenvalue weighted by molar-refractivity contribution is 6.31. The van der Waals surface area contributed by atoms with Crippen LogP contribution in [0.15, 0.2) is 54.9 Å². The lowest BCUT2D eigenvalue weighted by Crippen LogP contribution is -2.56. The second-order valence-corrected chi connectivity index (χ2v) is 7.21. The minimum absolute atomic E-state index is 0.368. The number of carbonyl (C=O) groups is 2. The Labute approximate surface area is 170 Å². The molecule has 142 valence electrons. The summed E-state index contributed by atoms with van der Waals surface area (Å²) in [6.45, 7) is 1.41. The van der Waals surface area contributed by atoms with Crippen LogP contribution in [0, 0.1) is 0 Å². The fourth-order valence-electron chi connectivity index (χ4n) is 2.74. The van der Waals surface area contributed by atoms with Crippen molar-refractivity contribution in [1.82, 2.24) is 9.78 Å². The van der Waals surface area contributed by atoms with Crippen molar-refractivity contribution in [2.24, 2.45) is 0 Å². The van der Waals surface area contributed by atoms with Gasteiger partial charge in [0, 0.05) is 16.9 Å². The summed E-state index contributed by atoms with van der Waals surface area (Å²) in [6, 6.07) is 11.7. The third kappa shape index (κ3) is 3.30. The molecule has 28 heavy (non-hydrogen) atoms. The topological polar surface area (TPSA) is 85.2 Å². The zero-order chi connectivity index (χ0) is 19.9. The van der Waals surface area contributed by atoms with Crippen LogP contribution < -0.4 is 15.4 Å². The summed E-state index contributed by atoms with van der Waals surface area (Å²) < 4.78 is 7.31. The van der Waals surface area contributed by atoms with E-state index in [1.165, 1.54) is 13.1 Å². The van der Waals surface area contributed by atoms with E-state index in [1.807, 2.05) is 0 Å². The van der Waals surface area contributed by atoms with Crippen LogP contribution in [-0.4, -0.2) is 27.2 Å². The maximum atomic E-state index is 12.8. The van der Waals surface area contributed by atoms with E-state index in [1.54, 1.807) is 53.3 Å². The third-order valence-electron chi connectivity index (χ3n) is 4.31. The molecule has 1 aliphatic heterocycles. The van der Waals surface area contributed by atoms with Crippen LogP contribution in [-0.2, 0) is 9.59 Å². The summed E-state index contributed by atoms with van der Waals surface area (Å²) in [7, 11) is 0. The number of ether oxygens (including phenoxy) is 1. The van der Waals surface area contributed by atoms with E-state index in [4.69, 9.17) is 27.9 Å². The zero-order valence-electron chi connectivity index (χ0n) is 14.6. The van der Waals surface area contributed by atoms with Gasteiger partial charge in [-0.15, -0.1) is 0 Å². The van der Waals surface area contributed by atoms with Crippen LogP contribution in [0.25, 0.3) is 5.69 Å². The molecule has 2 amide bonds. The highest BCUT2D eigenvalue weighted by Crippen LogP contribution is 2.36. The second-order valence-electron chi connectivity index (χ2n) is 6.33. The Morgan fingerprint density at radius 3 is 2.61 bits per heavy atom. The van der Waals surface area contributed by atoms with Gasteiger partial charge in [0.2, 0.25) is 0 Å². The van der Waals surface area contributed by atoms with Crippen molar-refractivity contribution in [2.75, 3.05) is 10.6 Å². The SMILES string of the molecule is CC1(C(=O)Nc2ccc(-n3cc(Cl)cn3)cc2)Oc2ccc(Cl)cc2NC1=O. The van der Waals surface area contributed by atoms with Crippen molar-refractivity contribution in [2.45, 2.75) is 12.5 Å². The molecule has 1 aromatic heterocycles. The quantitative estimate of drug-likeness (QED) is 0.633. The number of rotatable bonds is 3. The standard InChI is InChI=1S/C19H14Cl2N4O3/c1-19(18(27)24-15-8-11(20)2-7-16(15)28-19)17(26)23-13-3-5-14(6-4-13)25-10-12(21)9-22-25/h2-10H,1H3,(H,23,26)(H,24,27). The number of fused-ring (bicyclic) bond motifs is 1. The Morgan fingerprint density at radius 2 is 1.93 bits per heavy atom. The molecular formula is C19H14Cl2N4O3. The normalized spacial score (nSPS) is 18.0. The molecule has 0 saturated heterocycles. The molecule has 0 bridgehead atoms. The molecule has 0 radical (unpaired) electrons. The van der Waals surface area contributed by atoms with Gasteiger partial charge in [0.15, 0.2) is 0 Å². The van der Waals surface area contributed by atoms with E-state index in [0.717, 1.165) is 5.69 Å². The van der Waals surface area contributed by atoms with Crippen molar-refractivity contribution < 1.29 is 14.3 Å². The second kappa shape index (κ2) is 6.85. The average molecular weight is 417 g/mol. The van der Waals surface area contributed by atoms with Crippen molar-refractivity contribution in [3.63, 3.8) is 0 Å². The van der Waals surface area contributed by atoms with Crippen molar-refractivity contribution in [3.8, 4) is 11.4 Å². The monoisotopic (exact) mass is 416 g/mol. The lowest BCUT2D eigenvalue weighted by molar-refractivity contribution is -0.143. The molecule has 1 unspecified atom stereocenters. The maximum Gasteiger partial charge on any atom is 0.278 e. The highest BCUT2D eigenvalue weighted by Gasteiger charge is 2.47. The predicted molar refractivity (Wildman–Crippen MR) is 106 cm³/mol. The van der Waals surface area contributed by atoms with Crippen LogP contribution in [0.4, 0.5) is 11.4 Å². The van der Waals surface area contributed by atoms with Gasteiger partial charge in [0.1, 0.15) is 5.75 Å². The van der Waals surface area contributed by atoms with Crippen LogP contribution in [0.2, 0.25) is 10.0 Å². The van der Waals surface area contributed by atoms with Gasteiger partial charge in [-0.1, -0.05) is 23.2 Å². The molecule has 0 fully saturated rings. The Balaban J connectivity index is 1.53. The molecule has 0 spiro atoms. The van der Waals surface area contributed by atoms with Gasteiger partial charge in [-0.25, -0.2) is 4.68 Å². The van der Waals surface area contributed by atoms with Crippen LogP contribution in [0.5, 0.6) is 5.75 Å². The first-order chi connectivity index (χ1) is 13.3. The number of nitrogens with one attached hydrogen (secondary N) is 2. The van der Waals surface area contributed by atoms with E-state index < -0.39 is 17.4 Å². The van der Waals surface area contributed by atoms with Crippen LogP contribution in [0.3, 0.4) is 0 Å². The zero-order valence-corrected chi connectivity index (χ0v) is 16.1. The largest absolute Gasteiger partial charge is 0.466 e. The van der Waals surface area contributed by atoms with E-state index in [9.17, 15) is 9.59 Å². The summed E-state index contributed by atoms with van der Waals surface area (Å²) in [5.74, 6) is -0.810. The lowest BCUT2D eigenvalue weighted by atomic mass is 10.0. The van der Waals surface area contributed by atoms with Gasteiger partial charge in [-0.2, -0.15) is 5.10 Å². The van der Waals surface area contributed by atoms with E-state index >= 15 is 0 Å². The van der Waals surface area contributed by atoms with Crippen LogP contribution >= 0.6 is 23.2 Å². The molecule has 2 aromatic carbocycles. The number of amides is 2. The van der Waals surface area contributed by atoms with Crippen molar-refractivity contribution >= 4 is 46.4 Å². The van der Waals surface area contributed by atoms with E-state index in [2.05, 4.69) is 15.7 Å². The summed E-state index contributed by atoms with van der Waals surface area (Å²) in [5, 5.41) is 10.4. The Hall–Kier alpha value is -3.03. The number of carbonyl (C=O) groups excluding carboxylic acids is 2. The van der Waals surface area contributed by atoms with E-state index in [-0.39, 0.29) is 0 Å². The molecule has 1 atom stereocenters. The van der Waals surface area contributed by atoms with Gasteiger partial charge in [-0.05, 0) is 49.4 Å². The molecule has 4 rings (SSSR count). The van der Waals surface area contributed by atoms with Crippen molar-refractivity contribution in [1.29, 1.82) is 0 Å². The molecule has 3 aromatic rings. The number of aromatic nitrogens is 2. The number of hydrogen-bond acceptors (Lipinski definition) is 4. The minimum atomic E-state index is -1.73. The Morgan fingerprint density at radius 1 is 1.18 bits per heavy atom. The van der Waals surface area contributed by atoms with Crippen molar-refractivity contribution in [3.05, 3.63) is 64.9 Å². The molecule has 2 N–H and O–H groups in total. The van der Waals surface area contributed by atoms with E-state index in [0.29, 0.717) is 27.2 Å². The first kappa shape index (κ1) is 18.3. The first-order valence-electron chi connectivity index (χ1n) is 8.27. The van der Waals surface area contributed by atoms with Gasteiger partial charge in [0.25, 0.3) is 17.4 Å². The Kier molecular flexibility index (Phi) is 4.49. The van der Waals surface area contributed by atoms with Gasteiger partial charge >= 0.3 is 0 Å². The number of benzene rings is 2. The molecule has 1 aliphatic rings. The molecule has 7 nitrogen and oxygen atoms in total. The number of halogens is 2. The summed E-state index contributed by atoms with van der Waals surface area (Å²) in [5.41, 5.74) is -0.0280. The summed E-state index contributed by atoms with van der Waals surface area (Å²) in [6.07, 6.45) is 3.20. The smallest absolute Gasteiger partial charge is 0.278 e. The number of hydrogen-bond donors (Lipinski definition) is 2. The van der Waals surface area contributed by atoms with Gasteiger partial charge in [0.05, 0.1) is 22.6 Å². The summed E-state index contributed by atoms with van der Waals surface area (Å²) in [4.78, 5) is 25.3.